The van der Waals surface area contributed by atoms with Crippen LogP contribution in [0.4, 0.5) is 0 Å². The highest BCUT2D eigenvalue weighted by Crippen LogP contribution is 2.21. The summed E-state index contributed by atoms with van der Waals surface area (Å²) in [5, 5.41) is 0. The van der Waals surface area contributed by atoms with E-state index in [2.05, 4.69) is 11.0 Å². The molecule has 4 nitrogen and oxygen atoms in total. The zero-order chi connectivity index (χ0) is 16.1. The van der Waals surface area contributed by atoms with Gasteiger partial charge in [0.1, 0.15) is 0 Å². The Kier molecular flexibility index (Phi) is 5.86. The summed E-state index contributed by atoms with van der Waals surface area (Å²) in [4.78, 5) is 14.8. The third-order valence-corrected chi connectivity index (χ3v) is 5.83. The summed E-state index contributed by atoms with van der Waals surface area (Å²) in [5.74, 6) is 0.828. The number of ether oxygens (including phenoxy) is 1. The number of para-hydroxylation sites is 1. The summed E-state index contributed by atoms with van der Waals surface area (Å²) in [6, 6.07) is 8.09. The fraction of sp³-hybridized carbons (Fsp3) is 0.611. The van der Waals surface area contributed by atoms with E-state index in [1.807, 2.05) is 22.8 Å². The minimum atomic E-state index is 0.171. The first kappa shape index (κ1) is 16.7. The molecule has 1 fully saturated rings. The molecule has 23 heavy (non-hydrogen) atoms. The lowest BCUT2D eigenvalue weighted by molar-refractivity contribution is 0.134. The summed E-state index contributed by atoms with van der Waals surface area (Å²) < 4.78 is 8.21. The molecule has 0 amide bonds. The molecule has 0 saturated carbocycles. The molecule has 2 heterocycles. The summed E-state index contributed by atoms with van der Waals surface area (Å²) in [7, 11) is 1.78. The second kappa shape index (κ2) is 8.08. The Morgan fingerprint density at radius 2 is 2.00 bits per heavy atom. The van der Waals surface area contributed by atoms with Crippen molar-refractivity contribution < 1.29 is 4.74 Å². The molecular formula is C18H26N2O2S. The standard InChI is InChI=1S/C18H26N2O2S/c1-22-14-9-15-7-12-19(13-8-15)10-4-11-20-16-5-2-3-6-17(16)23-18(20)21/h2-3,5-6,15H,4,7-14H2,1H3. The number of thiazole rings is 1. The van der Waals surface area contributed by atoms with Crippen LogP contribution in [0.25, 0.3) is 10.2 Å². The van der Waals surface area contributed by atoms with Gasteiger partial charge in [-0.25, -0.2) is 0 Å². The molecule has 0 spiro atoms. The molecule has 1 aromatic carbocycles. The Bertz CT molecular complexity index is 671. The fourth-order valence-corrected chi connectivity index (χ4v) is 4.38. The number of methoxy groups -OCH3 is 1. The smallest absolute Gasteiger partial charge is 0.308 e. The zero-order valence-corrected chi connectivity index (χ0v) is 14.7. The van der Waals surface area contributed by atoms with Crippen LogP contribution in [-0.4, -0.2) is 42.8 Å². The third-order valence-electron chi connectivity index (χ3n) is 4.87. The van der Waals surface area contributed by atoms with Gasteiger partial charge in [0.15, 0.2) is 0 Å². The molecule has 0 atom stereocenters. The van der Waals surface area contributed by atoms with Crippen LogP contribution >= 0.6 is 11.3 Å². The zero-order valence-electron chi connectivity index (χ0n) is 13.9. The van der Waals surface area contributed by atoms with E-state index in [0.29, 0.717) is 0 Å². The van der Waals surface area contributed by atoms with Crippen molar-refractivity contribution in [2.75, 3.05) is 33.4 Å². The van der Waals surface area contributed by atoms with Crippen molar-refractivity contribution in [2.45, 2.75) is 32.2 Å². The second-order valence-electron chi connectivity index (χ2n) is 6.41. The largest absolute Gasteiger partial charge is 0.385 e. The first-order chi connectivity index (χ1) is 11.3. The number of nitrogens with zero attached hydrogens (tertiary/aromatic N) is 2. The molecule has 1 aromatic heterocycles. The quantitative estimate of drug-likeness (QED) is 0.780. The van der Waals surface area contributed by atoms with Crippen molar-refractivity contribution in [1.82, 2.24) is 9.47 Å². The monoisotopic (exact) mass is 334 g/mol. The maximum Gasteiger partial charge on any atom is 0.308 e. The van der Waals surface area contributed by atoms with Crippen molar-refractivity contribution in [3.05, 3.63) is 33.9 Å². The van der Waals surface area contributed by atoms with Crippen molar-refractivity contribution in [1.29, 1.82) is 0 Å². The van der Waals surface area contributed by atoms with E-state index in [-0.39, 0.29) is 4.87 Å². The van der Waals surface area contributed by atoms with Gasteiger partial charge < -0.3 is 9.64 Å². The van der Waals surface area contributed by atoms with Crippen molar-refractivity contribution in [3.63, 3.8) is 0 Å². The number of benzene rings is 1. The number of aryl methyl sites for hydroxylation is 1. The number of aromatic nitrogens is 1. The summed E-state index contributed by atoms with van der Waals surface area (Å²) >= 11 is 1.35. The number of likely N-dealkylation sites (tertiary alicyclic amines) is 1. The van der Waals surface area contributed by atoms with Crippen LogP contribution < -0.4 is 4.87 Å². The predicted molar refractivity (Wildman–Crippen MR) is 96.4 cm³/mol. The lowest BCUT2D eigenvalue weighted by Gasteiger charge is -2.31. The maximum absolute atomic E-state index is 12.1. The molecule has 0 N–H and O–H groups in total. The number of hydrogen-bond acceptors (Lipinski definition) is 4. The fourth-order valence-electron chi connectivity index (χ4n) is 3.46. The average molecular weight is 334 g/mol. The van der Waals surface area contributed by atoms with E-state index >= 15 is 0 Å². The highest BCUT2D eigenvalue weighted by Gasteiger charge is 2.18. The average Bonchev–Trinajstić information content (AvgIpc) is 2.90. The van der Waals surface area contributed by atoms with Gasteiger partial charge in [-0.3, -0.25) is 9.36 Å². The minimum Gasteiger partial charge on any atom is -0.385 e. The molecule has 0 bridgehead atoms. The SMILES string of the molecule is COCCC1CCN(CCCn2c(=O)sc3ccccc32)CC1. The van der Waals surface area contributed by atoms with Crippen LogP contribution in [0.15, 0.2) is 29.1 Å². The van der Waals surface area contributed by atoms with Crippen molar-refractivity contribution >= 4 is 21.6 Å². The van der Waals surface area contributed by atoms with Gasteiger partial charge in [-0.2, -0.15) is 0 Å². The first-order valence-corrected chi connectivity index (χ1v) is 9.39. The van der Waals surface area contributed by atoms with Gasteiger partial charge in [-0.15, -0.1) is 0 Å². The number of hydrogen-bond donors (Lipinski definition) is 0. The summed E-state index contributed by atoms with van der Waals surface area (Å²) in [6.45, 7) is 5.18. The van der Waals surface area contributed by atoms with Crippen LogP contribution in [0.5, 0.6) is 0 Å². The Labute approximate surface area is 141 Å². The van der Waals surface area contributed by atoms with E-state index < -0.39 is 0 Å². The van der Waals surface area contributed by atoms with Crippen LogP contribution in [0.3, 0.4) is 0 Å². The van der Waals surface area contributed by atoms with Gasteiger partial charge in [0.2, 0.25) is 0 Å². The molecular weight excluding hydrogens is 308 g/mol. The number of rotatable bonds is 7. The van der Waals surface area contributed by atoms with Crippen LogP contribution in [0, 0.1) is 5.92 Å². The normalized spacial score (nSPS) is 17.1. The molecule has 1 saturated heterocycles. The minimum absolute atomic E-state index is 0.171. The summed E-state index contributed by atoms with van der Waals surface area (Å²) in [6.07, 6.45) is 4.80. The maximum atomic E-state index is 12.1. The molecule has 0 unspecified atom stereocenters. The second-order valence-corrected chi connectivity index (χ2v) is 7.40. The van der Waals surface area contributed by atoms with E-state index in [0.717, 1.165) is 42.3 Å². The lowest BCUT2D eigenvalue weighted by atomic mass is 9.94. The van der Waals surface area contributed by atoms with Gasteiger partial charge in [0.25, 0.3) is 0 Å². The number of fused-ring (bicyclic) bond motifs is 1. The molecule has 126 valence electrons. The van der Waals surface area contributed by atoms with Crippen molar-refractivity contribution in [3.8, 4) is 0 Å². The van der Waals surface area contributed by atoms with Crippen LogP contribution in [0.1, 0.15) is 25.7 Å². The van der Waals surface area contributed by atoms with E-state index in [9.17, 15) is 4.79 Å². The van der Waals surface area contributed by atoms with Gasteiger partial charge in [0, 0.05) is 20.3 Å². The Morgan fingerprint density at radius 1 is 1.22 bits per heavy atom. The molecule has 0 radical (unpaired) electrons. The van der Waals surface area contributed by atoms with Crippen LogP contribution in [-0.2, 0) is 11.3 Å². The molecule has 0 aliphatic carbocycles. The van der Waals surface area contributed by atoms with Gasteiger partial charge in [-0.05, 0) is 63.4 Å². The molecule has 2 aromatic rings. The Balaban J connectivity index is 1.47. The Morgan fingerprint density at radius 3 is 2.78 bits per heavy atom. The Hall–Kier alpha value is -1.17. The molecule has 5 heteroatoms. The third kappa shape index (κ3) is 4.22. The highest BCUT2D eigenvalue weighted by atomic mass is 32.1. The van der Waals surface area contributed by atoms with Crippen LogP contribution in [0.2, 0.25) is 0 Å². The summed E-state index contributed by atoms with van der Waals surface area (Å²) in [5.41, 5.74) is 1.08. The lowest BCUT2D eigenvalue weighted by Crippen LogP contribution is -2.35. The van der Waals surface area contributed by atoms with E-state index in [1.54, 1.807) is 7.11 Å². The van der Waals surface area contributed by atoms with Gasteiger partial charge in [0.05, 0.1) is 10.2 Å². The van der Waals surface area contributed by atoms with E-state index in [4.69, 9.17) is 4.74 Å². The van der Waals surface area contributed by atoms with Gasteiger partial charge in [-0.1, -0.05) is 23.5 Å². The topological polar surface area (TPSA) is 34.5 Å². The molecule has 3 rings (SSSR count). The van der Waals surface area contributed by atoms with Crippen molar-refractivity contribution in [2.24, 2.45) is 5.92 Å². The first-order valence-electron chi connectivity index (χ1n) is 8.57. The number of piperidine rings is 1. The molecule has 1 aliphatic rings. The highest BCUT2D eigenvalue weighted by molar-refractivity contribution is 7.16. The predicted octanol–water partition coefficient (Wildman–Crippen LogP) is 3.20. The van der Waals surface area contributed by atoms with E-state index in [1.165, 1.54) is 43.7 Å². The van der Waals surface area contributed by atoms with Gasteiger partial charge >= 0.3 is 4.87 Å². The molecule has 1 aliphatic heterocycles.